The molecule has 0 aromatic rings. The topological polar surface area (TPSA) is 15.8 Å². The molecular formula is C11H19NOS2. The van der Waals surface area contributed by atoms with Crippen molar-refractivity contribution in [2.75, 3.05) is 13.1 Å². The first-order valence-electron chi connectivity index (χ1n) is 5.79. The fourth-order valence-corrected chi connectivity index (χ4v) is 3.78. The van der Waals surface area contributed by atoms with Crippen LogP contribution in [0.25, 0.3) is 0 Å². The molecule has 0 aliphatic carbocycles. The van der Waals surface area contributed by atoms with Gasteiger partial charge in [-0.15, -0.1) is 0 Å². The van der Waals surface area contributed by atoms with Crippen LogP contribution in [0.15, 0.2) is 0 Å². The van der Waals surface area contributed by atoms with Gasteiger partial charge in [0.1, 0.15) is 4.32 Å². The van der Waals surface area contributed by atoms with E-state index in [1.54, 1.807) is 0 Å². The van der Waals surface area contributed by atoms with Crippen LogP contribution in [0.4, 0.5) is 0 Å². The van der Waals surface area contributed by atoms with Crippen molar-refractivity contribution < 1.29 is 4.74 Å². The Hall–Kier alpha value is 0.200. The molecule has 2 aliphatic rings. The van der Waals surface area contributed by atoms with Crippen molar-refractivity contribution in [3.63, 3.8) is 0 Å². The van der Waals surface area contributed by atoms with Gasteiger partial charge >= 0.3 is 0 Å². The molecule has 0 amide bonds. The van der Waals surface area contributed by atoms with Crippen molar-refractivity contribution in [1.29, 1.82) is 0 Å². The van der Waals surface area contributed by atoms with Crippen LogP contribution in [-0.2, 0) is 4.74 Å². The molecule has 86 valence electrons. The first-order chi connectivity index (χ1) is 7.18. The quantitative estimate of drug-likeness (QED) is 0.549. The summed E-state index contributed by atoms with van der Waals surface area (Å²) in [6.45, 7) is 6.65. The molecule has 4 heteroatoms. The van der Waals surface area contributed by atoms with Gasteiger partial charge in [0.2, 0.25) is 0 Å². The molecular weight excluding hydrogens is 226 g/mol. The van der Waals surface area contributed by atoms with Gasteiger partial charge in [-0.25, -0.2) is 0 Å². The lowest BCUT2D eigenvalue weighted by Crippen LogP contribution is -2.34. The number of thiocarbonyl (C=S) groups is 1. The normalized spacial score (nSPS) is 32.5. The lowest BCUT2D eigenvalue weighted by Gasteiger charge is -2.29. The van der Waals surface area contributed by atoms with Crippen molar-refractivity contribution in [2.24, 2.45) is 0 Å². The maximum absolute atomic E-state index is 5.47. The Bertz CT molecular complexity index is 241. The predicted molar refractivity (Wildman–Crippen MR) is 69.4 cm³/mol. The molecule has 2 nitrogen and oxygen atoms in total. The zero-order chi connectivity index (χ0) is 10.8. The van der Waals surface area contributed by atoms with Crippen LogP contribution in [-0.4, -0.2) is 39.8 Å². The molecule has 2 aliphatic heterocycles. The maximum Gasteiger partial charge on any atom is 0.136 e. The molecule has 0 saturated carbocycles. The van der Waals surface area contributed by atoms with E-state index < -0.39 is 0 Å². The van der Waals surface area contributed by atoms with E-state index in [1.165, 1.54) is 19.3 Å². The summed E-state index contributed by atoms with van der Waals surface area (Å²) in [4.78, 5) is 2.35. The summed E-state index contributed by atoms with van der Waals surface area (Å²) < 4.78 is 6.54. The lowest BCUT2D eigenvalue weighted by atomic mass is 10.1. The Labute approximate surface area is 102 Å². The van der Waals surface area contributed by atoms with E-state index in [-0.39, 0.29) is 0 Å². The van der Waals surface area contributed by atoms with Gasteiger partial charge < -0.3 is 9.64 Å². The molecule has 0 aromatic heterocycles. The van der Waals surface area contributed by atoms with Gasteiger partial charge in [0.15, 0.2) is 0 Å². The van der Waals surface area contributed by atoms with E-state index in [2.05, 4.69) is 18.7 Å². The summed E-state index contributed by atoms with van der Waals surface area (Å²) in [7, 11) is 0. The minimum Gasteiger partial charge on any atom is -0.369 e. The number of epoxide rings is 1. The van der Waals surface area contributed by atoms with Crippen molar-refractivity contribution in [3.8, 4) is 0 Å². The molecule has 2 saturated heterocycles. The number of likely N-dealkylation sites (tertiary alicyclic amines) is 1. The Balaban J connectivity index is 1.75. The average Bonchev–Trinajstić information content (AvgIpc) is 2.97. The first kappa shape index (κ1) is 11.7. The lowest BCUT2D eigenvalue weighted by molar-refractivity contribution is 0.352. The molecule has 0 spiro atoms. The second-order valence-corrected chi connectivity index (χ2v) is 6.45. The van der Waals surface area contributed by atoms with Crippen LogP contribution in [0, 0.1) is 0 Å². The van der Waals surface area contributed by atoms with Crippen LogP contribution in [0.1, 0.15) is 33.1 Å². The van der Waals surface area contributed by atoms with Gasteiger partial charge in [-0.05, 0) is 26.2 Å². The molecule has 2 rings (SSSR count). The number of thioether (sulfide) groups is 1. The van der Waals surface area contributed by atoms with E-state index in [0.717, 1.165) is 17.4 Å². The highest BCUT2D eigenvalue weighted by atomic mass is 32.2. The predicted octanol–water partition coefficient (Wildman–Crippen LogP) is 2.67. The number of hydrogen-bond acceptors (Lipinski definition) is 3. The number of piperidine rings is 1. The van der Waals surface area contributed by atoms with E-state index in [1.807, 2.05) is 11.8 Å². The third-order valence-corrected chi connectivity index (χ3v) is 4.77. The van der Waals surface area contributed by atoms with E-state index >= 15 is 0 Å². The van der Waals surface area contributed by atoms with Gasteiger partial charge in [0, 0.05) is 18.3 Å². The van der Waals surface area contributed by atoms with Crippen LogP contribution < -0.4 is 0 Å². The minimum absolute atomic E-state index is 0.428. The summed E-state index contributed by atoms with van der Waals surface area (Å²) in [6, 6.07) is 0. The average molecular weight is 245 g/mol. The molecule has 0 radical (unpaired) electrons. The van der Waals surface area contributed by atoms with Crippen molar-refractivity contribution in [1.82, 2.24) is 4.90 Å². The fourth-order valence-electron chi connectivity index (χ4n) is 2.07. The van der Waals surface area contributed by atoms with Gasteiger partial charge in [0.25, 0.3) is 0 Å². The summed E-state index contributed by atoms with van der Waals surface area (Å²) in [6.07, 6.45) is 4.83. The highest BCUT2D eigenvalue weighted by Gasteiger charge is 2.40. The SMILES string of the molecule is CC1OC1C(C)SC(=S)N1CCCCC1. The molecule has 2 fully saturated rings. The van der Waals surface area contributed by atoms with Gasteiger partial charge in [-0.3, -0.25) is 0 Å². The summed E-state index contributed by atoms with van der Waals surface area (Å²) >= 11 is 7.28. The zero-order valence-corrected chi connectivity index (χ0v) is 11.1. The third kappa shape index (κ3) is 3.08. The zero-order valence-electron chi connectivity index (χ0n) is 9.44. The van der Waals surface area contributed by atoms with E-state index in [9.17, 15) is 0 Å². The molecule has 0 N–H and O–H groups in total. The van der Waals surface area contributed by atoms with E-state index in [0.29, 0.717) is 17.5 Å². The number of hydrogen-bond donors (Lipinski definition) is 0. The van der Waals surface area contributed by atoms with Crippen molar-refractivity contribution in [3.05, 3.63) is 0 Å². The Morgan fingerprint density at radius 2 is 2.00 bits per heavy atom. The molecule has 0 aromatic carbocycles. The monoisotopic (exact) mass is 245 g/mol. The fraction of sp³-hybridized carbons (Fsp3) is 0.909. The van der Waals surface area contributed by atoms with Crippen LogP contribution in [0.5, 0.6) is 0 Å². The molecule has 15 heavy (non-hydrogen) atoms. The Morgan fingerprint density at radius 3 is 2.53 bits per heavy atom. The van der Waals surface area contributed by atoms with Crippen LogP contribution in [0.3, 0.4) is 0 Å². The standard InChI is InChI=1S/C11H19NOS2/c1-8-10(13-8)9(2)15-11(14)12-6-4-3-5-7-12/h8-10H,3-7H2,1-2H3. The second kappa shape index (κ2) is 5.02. The first-order valence-corrected chi connectivity index (χ1v) is 7.08. The van der Waals surface area contributed by atoms with Crippen LogP contribution in [0.2, 0.25) is 0 Å². The van der Waals surface area contributed by atoms with Crippen molar-refractivity contribution >= 4 is 28.3 Å². The van der Waals surface area contributed by atoms with Crippen molar-refractivity contribution in [2.45, 2.75) is 50.6 Å². The van der Waals surface area contributed by atoms with Crippen LogP contribution >= 0.6 is 24.0 Å². The van der Waals surface area contributed by atoms with Gasteiger partial charge in [-0.2, -0.15) is 0 Å². The highest BCUT2D eigenvalue weighted by molar-refractivity contribution is 8.23. The molecule has 0 bridgehead atoms. The Morgan fingerprint density at radius 1 is 1.40 bits per heavy atom. The second-order valence-electron chi connectivity index (χ2n) is 4.44. The molecule has 3 atom stereocenters. The Kier molecular flexibility index (Phi) is 3.91. The molecule has 2 heterocycles. The minimum atomic E-state index is 0.428. The smallest absolute Gasteiger partial charge is 0.136 e. The van der Waals surface area contributed by atoms with E-state index in [4.69, 9.17) is 17.0 Å². The highest BCUT2D eigenvalue weighted by Crippen LogP contribution is 2.33. The molecule has 3 unspecified atom stereocenters. The summed E-state index contributed by atoms with van der Waals surface area (Å²) in [5, 5.41) is 0.509. The third-order valence-electron chi connectivity index (χ3n) is 3.12. The summed E-state index contributed by atoms with van der Waals surface area (Å²) in [5.74, 6) is 0. The number of nitrogens with zero attached hydrogens (tertiary/aromatic N) is 1. The van der Waals surface area contributed by atoms with Gasteiger partial charge in [0.05, 0.1) is 12.2 Å². The summed E-state index contributed by atoms with van der Waals surface area (Å²) in [5.41, 5.74) is 0. The largest absolute Gasteiger partial charge is 0.369 e. The maximum atomic E-state index is 5.47. The van der Waals surface area contributed by atoms with Gasteiger partial charge in [-0.1, -0.05) is 30.9 Å². The number of ether oxygens (including phenoxy) is 1. The number of rotatable bonds is 2.